The lowest BCUT2D eigenvalue weighted by molar-refractivity contribution is -0.384. The molecule has 2 aromatic rings. The monoisotopic (exact) mass is 313 g/mol. The highest BCUT2D eigenvalue weighted by Crippen LogP contribution is 2.15. The molecule has 2 aliphatic heterocycles. The van der Waals surface area contributed by atoms with Crippen molar-refractivity contribution < 1.29 is 24.3 Å². The summed E-state index contributed by atoms with van der Waals surface area (Å²) in [5.74, 6) is 0. The Balaban J connectivity index is 0.000000140. The third-order valence-corrected chi connectivity index (χ3v) is 3.72. The van der Waals surface area contributed by atoms with Gasteiger partial charge in [0.1, 0.15) is 0 Å². The van der Waals surface area contributed by atoms with Gasteiger partial charge in [0.25, 0.3) is 5.69 Å². The van der Waals surface area contributed by atoms with E-state index in [4.69, 9.17) is 14.3 Å². The first-order chi connectivity index (χ1) is 11.1. The number of rotatable bonds is 1. The van der Waals surface area contributed by atoms with Crippen LogP contribution >= 0.6 is 0 Å². The summed E-state index contributed by atoms with van der Waals surface area (Å²) in [6.45, 7) is 0.853. The minimum absolute atomic E-state index is 0.0247. The number of benzene rings is 2. The molecular formula is C14H13B2NO6. The van der Waals surface area contributed by atoms with E-state index in [2.05, 4.69) is 0 Å². The molecule has 0 unspecified atom stereocenters. The summed E-state index contributed by atoms with van der Waals surface area (Å²) < 4.78 is 9.87. The molecule has 0 bridgehead atoms. The molecule has 7 nitrogen and oxygen atoms in total. The Morgan fingerprint density at radius 3 is 2.22 bits per heavy atom. The van der Waals surface area contributed by atoms with Crippen LogP contribution < -0.4 is 10.9 Å². The van der Waals surface area contributed by atoms with Crippen molar-refractivity contribution in [3.05, 3.63) is 63.7 Å². The maximum Gasteiger partial charge on any atom is 0.492 e. The molecule has 4 rings (SSSR count). The Labute approximate surface area is 132 Å². The molecule has 9 heteroatoms. The van der Waals surface area contributed by atoms with E-state index >= 15 is 0 Å². The Morgan fingerprint density at radius 1 is 0.957 bits per heavy atom. The summed E-state index contributed by atoms with van der Waals surface area (Å²) in [4.78, 5) is 9.90. The zero-order chi connectivity index (χ0) is 16.4. The molecule has 0 amide bonds. The third kappa shape index (κ3) is 3.27. The van der Waals surface area contributed by atoms with Gasteiger partial charge in [0.15, 0.2) is 0 Å². The van der Waals surface area contributed by atoms with E-state index in [0.29, 0.717) is 18.7 Å². The second-order valence-electron chi connectivity index (χ2n) is 5.17. The van der Waals surface area contributed by atoms with E-state index in [9.17, 15) is 15.1 Å². The van der Waals surface area contributed by atoms with Crippen molar-refractivity contribution in [2.75, 3.05) is 0 Å². The van der Waals surface area contributed by atoms with Crippen molar-refractivity contribution in [3.8, 4) is 0 Å². The summed E-state index contributed by atoms with van der Waals surface area (Å²) in [6, 6.07) is 12.0. The van der Waals surface area contributed by atoms with Gasteiger partial charge < -0.3 is 19.4 Å². The van der Waals surface area contributed by atoms with Crippen molar-refractivity contribution in [2.45, 2.75) is 13.2 Å². The van der Waals surface area contributed by atoms with Gasteiger partial charge in [-0.2, -0.15) is 0 Å². The van der Waals surface area contributed by atoms with Crippen LogP contribution in [0.25, 0.3) is 0 Å². The van der Waals surface area contributed by atoms with E-state index in [1.165, 1.54) is 12.1 Å². The molecule has 116 valence electrons. The van der Waals surface area contributed by atoms with Crippen molar-refractivity contribution in [3.63, 3.8) is 0 Å². The van der Waals surface area contributed by atoms with Gasteiger partial charge in [0, 0.05) is 12.1 Å². The first-order valence-electron chi connectivity index (χ1n) is 7.00. The molecule has 0 fully saturated rings. The van der Waals surface area contributed by atoms with E-state index in [-0.39, 0.29) is 5.69 Å². The number of hydrogen-bond acceptors (Lipinski definition) is 6. The van der Waals surface area contributed by atoms with E-state index < -0.39 is 19.2 Å². The minimum Gasteiger partial charge on any atom is -0.423 e. The largest absolute Gasteiger partial charge is 0.492 e. The van der Waals surface area contributed by atoms with Gasteiger partial charge in [0.2, 0.25) is 0 Å². The predicted octanol–water partition coefficient (Wildman–Crippen LogP) is -0.283. The van der Waals surface area contributed by atoms with Crippen LogP contribution in [0, 0.1) is 10.1 Å². The van der Waals surface area contributed by atoms with Crippen LogP contribution in [0.2, 0.25) is 0 Å². The fourth-order valence-corrected chi connectivity index (χ4v) is 2.48. The molecule has 2 heterocycles. The first-order valence-corrected chi connectivity index (χ1v) is 7.00. The summed E-state index contributed by atoms with van der Waals surface area (Å²) in [5, 5.41) is 28.8. The van der Waals surface area contributed by atoms with Crippen molar-refractivity contribution >= 4 is 30.8 Å². The lowest BCUT2D eigenvalue weighted by atomic mass is 9.79. The number of fused-ring (bicyclic) bond motifs is 2. The van der Waals surface area contributed by atoms with E-state index in [1.807, 2.05) is 24.3 Å². The van der Waals surface area contributed by atoms with Crippen molar-refractivity contribution in [1.82, 2.24) is 0 Å². The number of hydrogen-bond donors (Lipinski definition) is 2. The Bertz CT molecular complexity index is 741. The quantitative estimate of drug-likeness (QED) is 0.426. The normalized spacial score (nSPS) is 14.9. The van der Waals surface area contributed by atoms with Gasteiger partial charge >= 0.3 is 14.2 Å². The Kier molecular flexibility index (Phi) is 4.44. The second kappa shape index (κ2) is 6.51. The Morgan fingerprint density at radius 2 is 1.57 bits per heavy atom. The predicted molar refractivity (Wildman–Crippen MR) is 84.3 cm³/mol. The van der Waals surface area contributed by atoms with Crippen molar-refractivity contribution in [2.24, 2.45) is 0 Å². The summed E-state index contributed by atoms with van der Waals surface area (Å²) >= 11 is 0. The number of non-ortho nitro benzene ring substituents is 1. The Hall–Kier alpha value is -2.19. The molecule has 0 atom stereocenters. The fraction of sp³-hybridized carbons (Fsp3) is 0.143. The lowest BCUT2D eigenvalue weighted by Gasteiger charge is -1.96. The number of nitro groups is 1. The smallest absolute Gasteiger partial charge is 0.423 e. The minimum atomic E-state index is -1.02. The summed E-state index contributed by atoms with van der Waals surface area (Å²) in [6.07, 6.45) is 0. The molecule has 0 saturated heterocycles. The summed E-state index contributed by atoms with van der Waals surface area (Å²) in [7, 11) is -1.72. The molecule has 0 saturated carbocycles. The van der Waals surface area contributed by atoms with Gasteiger partial charge in [-0.15, -0.1) is 0 Å². The van der Waals surface area contributed by atoms with Gasteiger partial charge in [-0.05, 0) is 22.1 Å². The van der Waals surface area contributed by atoms with E-state index in [1.54, 1.807) is 6.07 Å². The zero-order valence-electron chi connectivity index (χ0n) is 12.1. The first kappa shape index (κ1) is 15.7. The SMILES string of the molecule is O=[N+]([O-])c1ccc2c(c1)B(O)OC2.OB1OCc2ccccc21. The van der Waals surface area contributed by atoms with E-state index in [0.717, 1.165) is 16.6 Å². The van der Waals surface area contributed by atoms with Crippen LogP contribution in [-0.4, -0.2) is 29.2 Å². The number of nitro benzene ring substituents is 1. The van der Waals surface area contributed by atoms with Gasteiger partial charge in [-0.3, -0.25) is 10.1 Å². The molecule has 0 aliphatic carbocycles. The molecule has 0 aromatic heterocycles. The third-order valence-electron chi connectivity index (χ3n) is 3.72. The van der Waals surface area contributed by atoms with Crippen LogP contribution in [0.15, 0.2) is 42.5 Å². The number of nitrogens with zero attached hydrogens (tertiary/aromatic N) is 1. The molecule has 2 aromatic carbocycles. The fourth-order valence-electron chi connectivity index (χ4n) is 2.48. The van der Waals surface area contributed by atoms with Crippen LogP contribution in [-0.2, 0) is 22.5 Å². The van der Waals surface area contributed by atoms with Crippen LogP contribution in [0.1, 0.15) is 11.1 Å². The molecule has 0 spiro atoms. The highest BCUT2D eigenvalue weighted by Gasteiger charge is 2.29. The van der Waals surface area contributed by atoms with Gasteiger partial charge in [-0.25, -0.2) is 0 Å². The maximum absolute atomic E-state index is 10.4. The van der Waals surface area contributed by atoms with Crippen LogP contribution in [0.4, 0.5) is 5.69 Å². The average Bonchev–Trinajstić information content (AvgIpc) is 3.12. The molecule has 0 radical (unpaired) electrons. The standard InChI is InChI=1S/C7H6BNO4.C7H7BO2/c10-8-7-3-6(9(11)12)2-1-5(7)4-13-8;9-8-7-4-2-1-3-6(7)5-10-8/h1-3,10H,4H2;1-4,9H,5H2. The molecule has 2 N–H and O–H groups in total. The highest BCUT2D eigenvalue weighted by molar-refractivity contribution is 6.62. The zero-order valence-corrected chi connectivity index (χ0v) is 12.1. The molecular weight excluding hydrogens is 300 g/mol. The van der Waals surface area contributed by atoms with Crippen LogP contribution in [0.3, 0.4) is 0 Å². The summed E-state index contributed by atoms with van der Waals surface area (Å²) in [5.41, 5.74) is 3.27. The maximum atomic E-state index is 10.4. The van der Waals surface area contributed by atoms with Gasteiger partial charge in [0.05, 0.1) is 18.1 Å². The topological polar surface area (TPSA) is 102 Å². The lowest BCUT2D eigenvalue weighted by Crippen LogP contribution is -2.28. The van der Waals surface area contributed by atoms with Crippen molar-refractivity contribution in [1.29, 1.82) is 0 Å². The average molecular weight is 313 g/mol. The highest BCUT2D eigenvalue weighted by atomic mass is 16.6. The van der Waals surface area contributed by atoms with Gasteiger partial charge in [-0.1, -0.05) is 30.3 Å². The second-order valence-corrected chi connectivity index (χ2v) is 5.17. The molecule has 2 aliphatic rings. The molecule has 23 heavy (non-hydrogen) atoms. The van der Waals surface area contributed by atoms with Crippen LogP contribution in [0.5, 0.6) is 0 Å².